The molecule has 1 N–H and O–H groups in total. The Morgan fingerprint density at radius 1 is 1.10 bits per heavy atom. The smallest absolute Gasteiger partial charge is 0.224 e. The molecular formula is C25H23FN4O. The van der Waals surface area contributed by atoms with Gasteiger partial charge in [0.15, 0.2) is 0 Å². The highest BCUT2D eigenvalue weighted by molar-refractivity contribution is 5.90. The molecule has 0 bridgehead atoms. The second kappa shape index (κ2) is 8.07. The Morgan fingerprint density at radius 2 is 1.90 bits per heavy atom. The van der Waals surface area contributed by atoms with Crippen molar-refractivity contribution in [2.45, 2.75) is 38.0 Å². The summed E-state index contributed by atoms with van der Waals surface area (Å²) in [6.45, 7) is 0. The molecule has 5 rings (SSSR count). The standard InChI is InChI=1S/C25H23FN4O/c26-19-1-4-24-23(12-19)22(5-6-28-24)18-10-16-7-15(8-17(16)11-18)9-25(31)30-21-3-2-20(13-27)29-14-21/h1-6,12,14-18H,7-11H2,(H,30,31). The lowest BCUT2D eigenvalue weighted by Gasteiger charge is -2.17. The average Bonchev–Trinajstić information content (AvgIpc) is 3.32. The number of nitrogens with one attached hydrogen (secondary N) is 1. The van der Waals surface area contributed by atoms with E-state index in [-0.39, 0.29) is 11.7 Å². The molecule has 0 radical (unpaired) electrons. The van der Waals surface area contributed by atoms with Crippen LogP contribution in [0.2, 0.25) is 0 Å². The Labute approximate surface area is 180 Å². The number of carbonyl (C=O) groups excluding carboxylic acids is 1. The van der Waals surface area contributed by atoms with E-state index in [2.05, 4.69) is 15.3 Å². The number of fused-ring (bicyclic) bond motifs is 2. The van der Waals surface area contributed by atoms with E-state index in [9.17, 15) is 9.18 Å². The topological polar surface area (TPSA) is 78.7 Å². The predicted molar refractivity (Wildman–Crippen MR) is 116 cm³/mol. The molecular weight excluding hydrogens is 391 g/mol. The van der Waals surface area contributed by atoms with Crippen LogP contribution in [0, 0.1) is 34.9 Å². The summed E-state index contributed by atoms with van der Waals surface area (Å²) in [7, 11) is 0. The summed E-state index contributed by atoms with van der Waals surface area (Å²) >= 11 is 0. The third kappa shape index (κ3) is 4.00. The van der Waals surface area contributed by atoms with E-state index in [1.165, 1.54) is 17.8 Å². The van der Waals surface area contributed by atoms with E-state index in [1.54, 1.807) is 24.3 Å². The van der Waals surface area contributed by atoms with E-state index >= 15 is 0 Å². The van der Waals surface area contributed by atoms with Crippen LogP contribution in [0.3, 0.4) is 0 Å². The van der Waals surface area contributed by atoms with Crippen molar-refractivity contribution in [3.63, 3.8) is 0 Å². The van der Waals surface area contributed by atoms with E-state index in [0.29, 0.717) is 41.5 Å². The molecule has 2 aromatic heterocycles. The molecule has 0 aliphatic heterocycles. The first kappa shape index (κ1) is 19.6. The first-order valence-corrected chi connectivity index (χ1v) is 10.8. The zero-order chi connectivity index (χ0) is 21.4. The summed E-state index contributed by atoms with van der Waals surface area (Å²) in [4.78, 5) is 20.8. The minimum absolute atomic E-state index is 0.00336. The lowest BCUT2D eigenvalue weighted by Crippen LogP contribution is -2.16. The maximum atomic E-state index is 13.8. The predicted octanol–water partition coefficient (Wildman–Crippen LogP) is 5.19. The zero-order valence-corrected chi connectivity index (χ0v) is 17.1. The van der Waals surface area contributed by atoms with Gasteiger partial charge in [0.25, 0.3) is 0 Å². The molecule has 2 atom stereocenters. The largest absolute Gasteiger partial charge is 0.325 e. The van der Waals surface area contributed by atoms with Gasteiger partial charge in [-0.05, 0) is 91.3 Å². The van der Waals surface area contributed by atoms with Gasteiger partial charge in [-0.25, -0.2) is 9.37 Å². The Bertz CT molecular complexity index is 1160. The summed E-state index contributed by atoms with van der Waals surface area (Å²) in [5, 5.41) is 12.6. The number of amides is 1. The lowest BCUT2D eigenvalue weighted by atomic mass is 9.89. The Kier molecular flexibility index (Phi) is 5.11. The minimum Gasteiger partial charge on any atom is -0.325 e. The number of aromatic nitrogens is 2. The first-order valence-electron chi connectivity index (χ1n) is 10.8. The van der Waals surface area contributed by atoms with Gasteiger partial charge in [-0.1, -0.05) is 0 Å². The molecule has 2 heterocycles. The highest BCUT2D eigenvalue weighted by Crippen LogP contribution is 2.53. The van der Waals surface area contributed by atoms with Gasteiger partial charge in [0.1, 0.15) is 17.6 Å². The van der Waals surface area contributed by atoms with Gasteiger partial charge >= 0.3 is 0 Å². The number of benzene rings is 1. The normalized spacial score (nSPS) is 24.6. The number of anilines is 1. The maximum Gasteiger partial charge on any atom is 0.224 e. The van der Waals surface area contributed by atoms with Crippen LogP contribution in [0.1, 0.15) is 49.3 Å². The number of hydrogen-bond acceptors (Lipinski definition) is 4. The van der Waals surface area contributed by atoms with Gasteiger partial charge in [0.2, 0.25) is 5.91 Å². The van der Waals surface area contributed by atoms with Crippen molar-refractivity contribution in [3.8, 4) is 6.07 Å². The van der Waals surface area contributed by atoms with E-state index in [4.69, 9.17) is 5.26 Å². The second-order valence-corrected chi connectivity index (χ2v) is 8.88. The van der Waals surface area contributed by atoms with E-state index in [0.717, 1.165) is 36.6 Å². The number of rotatable bonds is 4. The summed E-state index contributed by atoms with van der Waals surface area (Å²) < 4.78 is 13.8. The van der Waals surface area contributed by atoms with Crippen molar-refractivity contribution < 1.29 is 9.18 Å². The lowest BCUT2D eigenvalue weighted by molar-refractivity contribution is -0.117. The second-order valence-electron chi connectivity index (χ2n) is 8.88. The molecule has 0 saturated heterocycles. The molecule has 2 saturated carbocycles. The molecule has 0 spiro atoms. The van der Waals surface area contributed by atoms with Crippen LogP contribution < -0.4 is 5.32 Å². The molecule has 6 heteroatoms. The van der Waals surface area contributed by atoms with E-state index < -0.39 is 0 Å². The van der Waals surface area contributed by atoms with Crippen LogP contribution in [-0.2, 0) is 4.79 Å². The summed E-state index contributed by atoms with van der Waals surface area (Å²) in [6, 6.07) is 12.2. The van der Waals surface area contributed by atoms with Crippen molar-refractivity contribution in [1.29, 1.82) is 5.26 Å². The number of hydrogen-bond donors (Lipinski definition) is 1. The van der Waals surface area contributed by atoms with Crippen LogP contribution in [0.5, 0.6) is 0 Å². The number of nitrogens with zero attached hydrogens (tertiary/aromatic N) is 3. The van der Waals surface area contributed by atoms with Crippen LogP contribution >= 0.6 is 0 Å². The number of nitriles is 1. The summed E-state index contributed by atoms with van der Waals surface area (Å²) in [6.07, 6.45) is 8.19. The van der Waals surface area contributed by atoms with Crippen LogP contribution in [0.25, 0.3) is 10.9 Å². The molecule has 2 aliphatic rings. The fourth-order valence-electron chi connectivity index (χ4n) is 5.67. The van der Waals surface area contributed by atoms with Crippen molar-refractivity contribution >= 4 is 22.5 Å². The van der Waals surface area contributed by atoms with Crippen LogP contribution in [0.15, 0.2) is 48.8 Å². The molecule has 156 valence electrons. The maximum absolute atomic E-state index is 13.8. The van der Waals surface area contributed by atoms with Crippen LogP contribution in [-0.4, -0.2) is 15.9 Å². The Hall–Kier alpha value is -3.33. The van der Waals surface area contributed by atoms with Crippen molar-refractivity contribution in [3.05, 3.63) is 65.9 Å². The fraction of sp³-hybridized carbons (Fsp3) is 0.360. The van der Waals surface area contributed by atoms with Crippen molar-refractivity contribution in [2.75, 3.05) is 5.32 Å². The van der Waals surface area contributed by atoms with Gasteiger partial charge in [-0.2, -0.15) is 5.26 Å². The highest BCUT2D eigenvalue weighted by atomic mass is 19.1. The molecule has 1 amide bonds. The summed E-state index contributed by atoms with van der Waals surface area (Å²) in [5.41, 5.74) is 3.02. The summed E-state index contributed by atoms with van der Waals surface area (Å²) in [5.74, 6) is 1.86. The van der Waals surface area contributed by atoms with Gasteiger partial charge < -0.3 is 5.32 Å². The molecule has 2 unspecified atom stereocenters. The quantitative estimate of drug-likeness (QED) is 0.637. The fourth-order valence-corrected chi connectivity index (χ4v) is 5.67. The molecule has 3 aromatic rings. The van der Waals surface area contributed by atoms with Crippen LogP contribution in [0.4, 0.5) is 10.1 Å². The Morgan fingerprint density at radius 3 is 2.61 bits per heavy atom. The number of halogens is 1. The number of pyridine rings is 2. The highest BCUT2D eigenvalue weighted by Gasteiger charge is 2.42. The monoisotopic (exact) mass is 414 g/mol. The third-order valence-electron chi connectivity index (χ3n) is 6.93. The molecule has 2 aliphatic carbocycles. The Balaban J connectivity index is 1.20. The van der Waals surface area contributed by atoms with Gasteiger partial charge in [0, 0.05) is 18.0 Å². The number of carbonyl (C=O) groups is 1. The van der Waals surface area contributed by atoms with Gasteiger partial charge in [-0.3, -0.25) is 9.78 Å². The minimum atomic E-state index is -0.219. The molecule has 1 aromatic carbocycles. The van der Waals surface area contributed by atoms with E-state index in [1.807, 2.05) is 18.3 Å². The van der Waals surface area contributed by atoms with Crippen molar-refractivity contribution in [2.24, 2.45) is 17.8 Å². The first-order chi connectivity index (χ1) is 15.1. The van der Waals surface area contributed by atoms with Gasteiger partial charge in [-0.15, -0.1) is 0 Å². The SMILES string of the molecule is N#Cc1ccc(NC(=O)CC2CC3CC(c4ccnc5ccc(F)cc45)CC3C2)cn1. The van der Waals surface area contributed by atoms with Gasteiger partial charge in [0.05, 0.1) is 17.4 Å². The molecule has 5 nitrogen and oxygen atoms in total. The average molecular weight is 414 g/mol. The van der Waals surface area contributed by atoms with Crippen molar-refractivity contribution in [1.82, 2.24) is 9.97 Å². The third-order valence-corrected chi connectivity index (χ3v) is 6.93. The molecule has 2 fully saturated rings. The molecule has 31 heavy (non-hydrogen) atoms. The zero-order valence-electron chi connectivity index (χ0n) is 17.1.